The molecule has 3 rings (SSSR count). The quantitative estimate of drug-likeness (QED) is 0.709. The van der Waals surface area contributed by atoms with E-state index in [2.05, 4.69) is 4.98 Å². The van der Waals surface area contributed by atoms with Crippen molar-refractivity contribution in [1.82, 2.24) is 9.88 Å². The van der Waals surface area contributed by atoms with Gasteiger partial charge in [-0.05, 0) is 45.2 Å². The standard InChI is InChI=1S/C18H23F3N2O3S/c1-16(2,3)26-15(24)23-6-5-17(13(10-23)27-17)9-11-7-12(18(19,20)21)22-14(8-11)25-4/h7-8,13H,5-6,9-10H2,1-4H3/t13?,17-/m0/s1. The molecule has 0 aliphatic carbocycles. The Labute approximate surface area is 160 Å². The molecular weight excluding hydrogens is 381 g/mol. The van der Waals surface area contributed by atoms with Crippen molar-refractivity contribution in [3.05, 3.63) is 23.4 Å². The molecule has 0 spiro atoms. The number of thioether (sulfide) groups is 1. The number of ether oxygens (including phenoxy) is 2. The highest BCUT2D eigenvalue weighted by molar-refractivity contribution is 8.08. The van der Waals surface area contributed by atoms with Crippen molar-refractivity contribution < 1.29 is 27.4 Å². The van der Waals surface area contributed by atoms with Crippen LogP contribution in [-0.4, -0.2) is 51.8 Å². The predicted octanol–water partition coefficient (Wildman–Crippen LogP) is 4.15. The van der Waals surface area contributed by atoms with Crippen molar-refractivity contribution >= 4 is 17.9 Å². The lowest BCUT2D eigenvalue weighted by Crippen LogP contribution is -2.45. The lowest BCUT2D eigenvalue weighted by Gasteiger charge is -2.32. The van der Waals surface area contributed by atoms with Crippen LogP contribution in [0.1, 0.15) is 38.4 Å². The number of hydrogen-bond acceptors (Lipinski definition) is 5. The number of halogens is 3. The molecule has 1 unspecified atom stereocenters. The van der Waals surface area contributed by atoms with E-state index >= 15 is 0 Å². The second kappa shape index (κ2) is 6.76. The van der Waals surface area contributed by atoms with Crippen molar-refractivity contribution in [3.63, 3.8) is 0 Å². The van der Waals surface area contributed by atoms with Crippen LogP contribution in [-0.2, 0) is 17.3 Å². The molecule has 1 aromatic heterocycles. The minimum Gasteiger partial charge on any atom is -0.481 e. The first-order valence-electron chi connectivity index (χ1n) is 8.70. The van der Waals surface area contributed by atoms with E-state index < -0.39 is 17.5 Å². The molecule has 0 radical (unpaired) electrons. The fourth-order valence-electron chi connectivity index (χ4n) is 3.28. The average Bonchev–Trinajstić information content (AvgIpc) is 3.24. The molecule has 1 amide bonds. The molecule has 1 aromatic rings. The minimum atomic E-state index is -4.52. The Morgan fingerprint density at radius 1 is 1.37 bits per heavy atom. The molecule has 0 saturated carbocycles. The minimum absolute atomic E-state index is 0.0374. The number of pyridine rings is 1. The first kappa shape index (κ1) is 20.1. The second-order valence-corrected chi connectivity index (χ2v) is 9.54. The molecule has 27 heavy (non-hydrogen) atoms. The number of piperidine rings is 1. The van der Waals surface area contributed by atoms with Gasteiger partial charge in [-0.25, -0.2) is 9.78 Å². The smallest absolute Gasteiger partial charge is 0.433 e. The summed E-state index contributed by atoms with van der Waals surface area (Å²) in [5, 5.41) is 0.201. The predicted molar refractivity (Wildman–Crippen MR) is 96.0 cm³/mol. The largest absolute Gasteiger partial charge is 0.481 e. The molecule has 0 aromatic carbocycles. The monoisotopic (exact) mass is 404 g/mol. The van der Waals surface area contributed by atoms with Gasteiger partial charge >= 0.3 is 12.3 Å². The number of carbonyl (C=O) groups excluding carboxylic acids is 1. The third-order valence-electron chi connectivity index (χ3n) is 4.61. The van der Waals surface area contributed by atoms with E-state index in [9.17, 15) is 18.0 Å². The summed E-state index contributed by atoms with van der Waals surface area (Å²) in [5.74, 6) is -0.0374. The zero-order chi connectivity index (χ0) is 20.0. The summed E-state index contributed by atoms with van der Waals surface area (Å²) in [6.07, 6.45) is -3.65. The van der Waals surface area contributed by atoms with E-state index in [1.807, 2.05) is 20.8 Å². The number of alkyl halides is 3. The number of aromatic nitrogens is 1. The Hall–Kier alpha value is -1.64. The average molecular weight is 404 g/mol. The highest BCUT2D eigenvalue weighted by Crippen LogP contribution is 2.60. The molecule has 9 heteroatoms. The SMILES string of the molecule is COc1cc(C[C@@]23CCN(C(=O)OC(C)(C)C)CC2S3)cc(C(F)(F)F)n1. The number of likely N-dealkylation sites (tertiary alicyclic amines) is 1. The molecular formula is C18H23F3N2O3S. The number of methoxy groups -OCH3 is 1. The summed E-state index contributed by atoms with van der Waals surface area (Å²) < 4.78 is 49.4. The van der Waals surface area contributed by atoms with Gasteiger partial charge in [-0.3, -0.25) is 0 Å². The summed E-state index contributed by atoms with van der Waals surface area (Å²) in [6.45, 7) is 6.54. The number of hydrogen-bond donors (Lipinski definition) is 0. The fourth-order valence-corrected chi connectivity index (χ4v) is 4.77. The van der Waals surface area contributed by atoms with Crippen LogP contribution in [0.25, 0.3) is 0 Å². The fraction of sp³-hybridized carbons (Fsp3) is 0.667. The molecule has 0 N–H and O–H groups in total. The number of amides is 1. The van der Waals surface area contributed by atoms with Crippen LogP contribution >= 0.6 is 11.8 Å². The van der Waals surface area contributed by atoms with Crippen molar-refractivity contribution in [2.45, 2.75) is 55.4 Å². The Bertz CT molecular complexity index is 736. The van der Waals surface area contributed by atoms with Crippen LogP contribution in [0.4, 0.5) is 18.0 Å². The first-order valence-corrected chi connectivity index (χ1v) is 9.58. The maximum absolute atomic E-state index is 13.1. The first-order chi connectivity index (χ1) is 12.4. The molecule has 5 nitrogen and oxygen atoms in total. The second-order valence-electron chi connectivity index (χ2n) is 7.93. The van der Waals surface area contributed by atoms with Crippen molar-refractivity contribution in [3.8, 4) is 5.88 Å². The molecule has 150 valence electrons. The Balaban J connectivity index is 1.68. The van der Waals surface area contributed by atoms with E-state index in [1.165, 1.54) is 7.11 Å². The van der Waals surface area contributed by atoms with Crippen LogP contribution in [0, 0.1) is 0 Å². The van der Waals surface area contributed by atoms with Crippen LogP contribution < -0.4 is 4.74 Å². The van der Waals surface area contributed by atoms with Crippen molar-refractivity contribution in [1.29, 1.82) is 0 Å². The highest BCUT2D eigenvalue weighted by Gasteiger charge is 2.58. The van der Waals surface area contributed by atoms with Crippen molar-refractivity contribution in [2.75, 3.05) is 20.2 Å². The lowest BCUT2D eigenvalue weighted by molar-refractivity contribution is -0.141. The van der Waals surface area contributed by atoms with E-state index in [-0.39, 0.29) is 22.0 Å². The topological polar surface area (TPSA) is 51.7 Å². The van der Waals surface area contributed by atoms with E-state index in [1.54, 1.807) is 22.7 Å². The summed E-state index contributed by atoms with van der Waals surface area (Å²) in [5.41, 5.74) is -0.944. The van der Waals surface area contributed by atoms with Crippen LogP contribution in [0.5, 0.6) is 5.88 Å². The lowest BCUT2D eigenvalue weighted by atomic mass is 9.90. The zero-order valence-electron chi connectivity index (χ0n) is 15.7. The van der Waals surface area contributed by atoms with Gasteiger partial charge in [0.05, 0.1) is 7.11 Å². The normalized spacial score (nSPS) is 25.0. The van der Waals surface area contributed by atoms with Gasteiger partial charge in [0.1, 0.15) is 11.3 Å². The Kier molecular flexibility index (Phi) is 5.03. The third-order valence-corrected chi connectivity index (χ3v) is 6.35. The van der Waals surface area contributed by atoms with Gasteiger partial charge in [-0.2, -0.15) is 13.2 Å². The molecule has 0 bridgehead atoms. The molecule has 2 atom stereocenters. The molecule has 3 heterocycles. The molecule has 2 aliphatic rings. The van der Waals surface area contributed by atoms with Gasteiger partial charge in [0.2, 0.25) is 5.88 Å². The van der Waals surface area contributed by atoms with Gasteiger partial charge in [0.15, 0.2) is 0 Å². The van der Waals surface area contributed by atoms with E-state index in [4.69, 9.17) is 9.47 Å². The number of rotatable bonds is 3. The van der Waals surface area contributed by atoms with Gasteiger partial charge in [0.25, 0.3) is 0 Å². The maximum Gasteiger partial charge on any atom is 0.433 e. The van der Waals surface area contributed by atoms with Gasteiger partial charge in [0, 0.05) is 29.2 Å². The Morgan fingerprint density at radius 2 is 2.07 bits per heavy atom. The summed E-state index contributed by atoms with van der Waals surface area (Å²) in [6, 6.07) is 2.65. The molecule has 2 saturated heterocycles. The summed E-state index contributed by atoms with van der Waals surface area (Å²) >= 11 is 1.72. The van der Waals surface area contributed by atoms with Crippen LogP contribution in [0.2, 0.25) is 0 Å². The number of carbonyl (C=O) groups is 1. The molecule has 2 aliphatic heterocycles. The summed E-state index contributed by atoms with van der Waals surface area (Å²) in [7, 11) is 1.30. The highest BCUT2D eigenvalue weighted by atomic mass is 32.2. The van der Waals surface area contributed by atoms with Crippen LogP contribution in [0.15, 0.2) is 12.1 Å². The van der Waals surface area contributed by atoms with Crippen molar-refractivity contribution in [2.24, 2.45) is 0 Å². The Morgan fingerprint density at radius 3 is 2.63 bits per heavy atom. The maximum atomic E-state index is 13.1. The van der Waals surface area contributed by atoms with E-state index in [0.29, 0.717) is 31.5 Å². The van der Waals surface area contributed by atoms with Gasteiger partial charge < -0.3 is 14.4 Å². The zero-order valence-corrected chi connectivity index (χ0v) is 16.5. The number of nitrogens with zero attached hydrogens (tertiary/aromatic N) is 2. The third kappa shape index (κ3) is 4.62. The van der Waals surface area contributed by atoms with E-state index in [0.717, 1.165) is 6.07 Å². The van der Waals surface area contributed by atoms with Gasteiger partial charge in [-0.1, -0.05) is 0 Å². The van der Waals surface area contributed by atoms with Crippen LogP contribution in [0.3, 0.4) is 0 Å². The number of fused-ring (bicyclic) bond motifs is 1. The molecule has 2 fully saturated rings. The van der Waals surface area contributed by atoms with Gasteiger partial charge in [-0.15, -0.1) is 11.8 Å². The summed E-state index contributed by atoms with van der Waals surface area (Å²) in [4.78, 5) is 17.4.